The normalized spacial score (nSPS) is 10.1. The smallest absolute Gasteiger partial charge is 0.255 e. The van der Waals surface area contributed by atoms with Crippen molar-refractivity contribution < 1.29 is 9.90 Å². The summed E-state index contributed by atoms with van der Waals surface area (Å²) in [5.74, 6) is 0.377. The molecule has 0 bridgehead atoms. The topological polar surface area (TPSA) is 49.3 Å². The molecule has 88 valence electrons. The first-order chi connectivity index (χ1) is 7.65. The third-order valence-electron chi connectivity index (χ3n) is 2.24. The maximum Gasteiger partial charge on any atom is 0.255 e. The quantitative estimate of drug-likeness (QED) is 0.615. The molecule has 0 aliphatic carbocycles. The number of benzene rings is 1. The van der Waals surface area contributed by atoms with E-state index in [2.05, 4.69) is 5.32 Å². The van der Waals surface area contributed by atoms with Crippen LogP contribution in [0.15, 0.2) is 18.2 Å². The fourth-order valence-electron chi connectivity index (χ4n) is 1.35. The molecule has 0 aliphatic heterocycles. The molecule has 0 spiro atoms. The lowest BCUT2D eigenvalue weighted by molar-refractivity contribution is 0.0950. The van der Waals surface area contributed by atoms with Gasteiger partial charge in [-0.15, -0.1) is 11.6 Å². The number of unbranched alkanes of at least 4 members (excludes halogenated alkanes) is 1. The van der Waals surface area contributed by atoms with Crippen molar-refractivity contribution in [3.63, 3.8) is 0 Å². The molecule has 0 heterocycles. The predicted molar refractivity (Wildman–Crippen MR) is 65.1 cm³/mol. The number of phenols is 1. The Kier molecular flexibility index (Phi) is 5.12. The van der Waals surface area contributed by atoms with E-state index in [0.717, 1.165) is 18.4 Å². The minimum atomic E-state index is -0.240. The van der Waals surface area contributed by atoms with Crippen molar-refractivity contribution in [2.45, 2.75) is 19.8 Å². The van der Waals surface area contributed by atoms with Gasteiger partial charge in [0.2, 0.25) is 0 Å². The molecule has 2 N–H and O–H groups in total. The Labute approximate surface area is 100 Å². The summed E-state index contributed by atoms with van der Waals surface area (Å²) in [5.41, 5.74) is 1.27. The zero-order chi connectivity index (χ0) is 12.0. The highest BCUT2D eigenvalue weighted by atomic mass is 35.5. The summed E-state index contributed by atoms with van der Waals surface area (Å²) in [6, 6.07) is 4.97. The summed E-state index contributed by atoms with van der Waals surface area (Å²) < 4.78 is 0. The first-order valence-corrected chi connectivity index (χ1v) is 5.82. The van der Waals surface area contributed by atoms with Crippen LogP contribution in [0, 0.1) is 6.92 Å². The number of aryl methyl sites for hydroxylation is 1. The first kappa shape index (κ1) is 12.8. The van der Waals surface area contributed by atoms with E-state index in [1.54, 1.807) is 12.1 Å². The number of alkyl halides is 1. The summed E-state index contributed by atoms with van der Waals surface area (Å²) in [7, 11) is 0. The number of carbonyl (C=O) groups is 1. The lowest BCUT2D eigenvalue weighted by Crippen LogP contribution is -2.24. The van der Waals surface area contributed by atoms with Crippen LogP contribution in [0.25, 0.3) is 0 Å². The van der Waals surface area contributed by atoms with Gasteiger partial charge < -0.3 is 10.4 Å². The number of carbonyl (C=O) groups excluding carboxylic acids is 1. The van der Waals surface area contributed by atoms with Crippen LogP contribution >= 0.6 is 11.6 Å². The molecule has 4 heteroatoms. The van der Waals surface area contributed by atoms with Crippen LogP contribution in [0.1, 0.15) is 28.8 Å². The van der Waals surface area contributed by atoms with Crippen molar-refractivity contribution in [2.24, 2.45) is 0 Å². The zero-order valence-corrected chi connectivity index (χ0v) is 10.0. The number of halogens is 1. The van der Waals surface area contributed by atoms with Gasteiger partial charge >= 0.3 is 0 Å². The van der Waals surface area contributed by atoms with E-state index in [1.165, 1.54) is 6.07 Å². The molecule has 16 heavy (non-hydrogen) atoms. The molecule has 0 unspecified atom stereocenters. The highest BCUT2D eigenvalue weighted by Crippen LogP contribution is 2.17. The van der Waals surface area contributed by atoms with Crippen LogP contribution in [0.3, 0.4) is 0 Å². The van der Waals surface area contributed by atoms with Crippen LogP contribution in [0.2, 0.25) is 0 Å². The number of phenolic OH excluding ortho intramolecular Hbond substituents is 1. The summed E-state index contributed by atoms with van der Waals surface area (Å²) in [4.78, 5) is 11.7. The second-order valence-electron chi connectivity index (χ2n) is 3.67. The summed E-state index contributed by atoms with van der Waals surface area (Å²) in [5, 5.41) is 12.3. The third kappa shape index (κ3) is 3.74. The van der Waals surface area contributed by atoms with Gasteiger partial charge in [0.1, 0.15) is 5.75 Å². The van der Waals surface area contributed by atoms with E-state index < -0.39 is 0 Å². The van der Waals surface area contributed by atoms with Crippen LogP contribution < -0.4 is 5.32 Å². The van der Waals surface area contributed by atoms with E-state index in [-0.39, 0.29) is 11.7 Å². The summed E-state index contributed by atoms with van der Waals surface area (Å²) in [6.07, 6.45) is 1.73. The van der Waals surface area contributed by atoms with Crippen molar-refractivity contribution in [3.8, 4) is 5.75 Å². The fraction of sp³-hybridized carbons (Fsp3) is 0.417. The second kappa shape index (κ2) is 6.38. The van der Waals surface area contributed by atoms with Gasteiger partial charge in [0.15, 0.2) is 0 Å². The lowest BCUT2D eigenvalue weighted by Gasteiger charge is -2.07. The number of nitrogens with one attached hydrogen (secondary N) is 1. The van der Waals surface area contributed by atoms with Crippen LogP contribution in [0.4, 0.5) is 0 Å². The van der Waals surface area contributed by atoms with E-state index >= 15 is 0 Å². The standard InChI is InChI=1S/C12H16ClNO2/c1-9-4-5-11(15)10(8-9)12(16)14-7-3-2-6-13/h4-5,8,15H,2-3,6-7H2,1H3,(H,14,16). The van der Waals surface area contributed by atoms with Crippen LogP contribution in [-0.2, 0) is 0 Å². The Balaban J connectivity index is 2.55. The maximum absolute atomic E-state index is 11.7. The Morgan fingerprint density at radius 2 is 2.19 bits per heavy atom. The molecule has 0 radical (unpaired) electrons. The van der Waals surface area contributed by atoms with Gasteiger partial charge in [0, 0.05) is 12.4 Å². The van der Waals surface area contributed by atoms with E-state index in [1.807, 2.05) is 6.92 Å². The van der Waals surface area contributed by atoms with Crippen LogP contribution in [-0.4, -0.2) is 23.4 Å². The summed E-state index contributed by atoms with van der Waals surface area (Å²) >= 11 is 5.53. The van der Waals surface area contributed by atoms with Gasteiger partial charge in [0.25, 0.3) is 5.91 Å². The van der Waals surface area contributed by atoms with E-state index in [0.29, 0.717) is 18.0 Å². The average Bonchev–Trinajstić information content (AvgIpc) is 2.27. The average molecular weight is 242 g/mol. The molecule has 1 aromatic carbocycles. The van der Waals surface area contributed by atoms with Gasteiger partial charge in [-0.05, 0) is 31.9 Å². The second-order valence-corrected chi connectivity index (χ2v) is 4.05. The minimum Gasteiger partial charge on any atom is -0.507 e. The van der Waals surface area contributed by atoms with Crippen molar-refractivity contribution >= 4 is 17.5 Å². The molecule has 0 aliphatic rings. The highest BCUT2D eigenvalue weighted by molar-refractivity contribution is 6.17. The number of rotatable bonds is 5. The SMILES string of the molecule is Cc1ccc(O)c(C(=O)NCCCCCl)c1. The minimum absolute atomic E-state index is 0.0143. The molecule has 0 atom stereocenters. The summed E-state index contributed by atoms with van der Waals surface area (Å²) in [6.45, 7) is 2.46. The predicted octanol–water partition coefficient (Wildman–Crippen LogP) is 2.45. The highest BCUT2D eigenvalue weighted by Gasteiger charge is 2.09. The maximum atomic E-state index is 11.7. The Morgan fingerprint density at radius 3 is 2.88 bits per heavy atom. The molecular weight excluding hydrogens is 226 g/mol. The Bertz CT molecular complexity index is 366. The molecule has 3 nitrogen and oxygen atoms in total. The van der Waals surface area contributed by atoms with Gasteiger partial charge in [-0.2, -0.15) is 0 Å². The molecular formula is C12H16ClNO2. The third-order valence-corrected chi connectivity index (χ3v) is 2.51. The van der Waals surface area contributed by atoms with E-state index in [9.17, 15) is 9.90 Å². The van der Waals surface area contributed by atoms with Crippen molar-refractivity contribution in [1.82, 2.24) is 5.32 Å². The molecule has 0 aromatic heterocycles. The van der Waals surface area contributed by atoms with Crippen LogP contribution in [0.5, 0.6) is 5.75 Å². The largest absolute Gasteiger partial charge is 0.507 e. The molecule has 0 saturated heterocycles. The number of hydrogen-bond donors (Lipinski definition) is 2. The Morgan fingerprint density at radius 1 is 1.44 bits per heavy atom. The van der Waals surface area contributed by atoms with Crippen molar-refractivity contribution in [1.29, 1.82) is 0 Å². The number of amides is 1. The zero-order valence-electron chi connectivity index (χ0n) is 9.29. The molecule has 0 fully saturated rings. The van der Waals surface area contributed by atoms with Gasteiger partial charge in [-0.1, -0.05) is 11.6 Å². The molecule has 1 rings (SSSR count). The fourth-order valence-corrected chi connectivity index (χ4v) is 1.54. The number of hydrogen-bond acceptors (Lipinski definition) is 2. The molecule has 1 aromatic rings. The Hall–Kier alpha value is -1.22. The lowest BCUT2D eigenvalue weighted by atomic mass is 10.1. The van der Waals surface area contributed by atoms with E-state index in [4.69, 9.17) is 11.6 Å². The van der Waals surface area contributed by atoms with Gasteiger partial charge in [-0.3, -0.25) is 4.79 Å². The number of aromatic hydroxyl groups is 1. The molecule has 0 saturated carbocycles. The molecule has 1 amide bonds. The van der Waals surface area contributed by atoms with Gasteiger partial charge in [0.05, 0.1) is 5.56 Å². The monoisotopic (exact) mass is 241 g/mol. The van der Waals surface area contributed by atoms with Crippen molar-refractivity contribution in [2.75, 3.05) is 12.4 Å². The van der Waals surface area contributed by atoms with Gasteiger partial charge in [-0.25, -0.2) is 0 Å². The first-order valence-electron chi connectivity index (χ1n) is 5.29. The van der Waals surface area contributed by atoms with Crippen molar-refractivity contribution in [3.05, 3.63) is 29.3 Å².